The first-order valence-electron chi connectivity index (χ1n) is 5.21. The zero-order valence-corrected chi connectivity index (χ0v) is 9.74. The molecule has 1 atom stereocenters. The van der Waals surface area contributed by atoms with Gasteiger partial charge in [0.05, 0.1) is 12.4 Å². The van der Waals surface area contributed by atoms with Gasteiger partial charge in [0, 0.05) is 6.42 Å². The maximum Gasteiger partial charge on any atom is 0.326 e. The van der Waals surface area contributed by atoms with Crippen molar-refractivity contribution >= 4 is 23.9 Å². The van der Waals surface area contributed by atoms with Gasteiger partial charge >= 0.3 is 12.0 Å². The van der Waals surface area contributed by atoms with E-state index in [0.717, 1.165) is 0 Å². The highest BCUT2D eigenvalue weighted by Gasteiger charge is 2.20. The molecule has 1 rings (SSSR count). The van der Waals surface area contributed by atoms with Crippen LogP contribution in [0, 0.1) is 0 Å². The van der Waals surface area contributed by atoms with Crippen molar-refractivity contribution < 1.29 is 19.5 Å². The quantitative estimate of drug-likeness (QED) is 0.499. The number of urea groups is 1. The first kappa shape index (κ1) is 14.3. The highest BCUT2D eigenvalue weighted by atomic mass is 16.4. The molecule has 3 amide bonds. The van der Waals surface area contributed by atoms with E-state index >= 15 is 0 Å². The zero-order valence-electron chi connectivity index (χ0n) is 9.74. The van der Waals surface area contributed by atoms with Gasteiger partial charge in [-0.05, 0) is 6.42 Å². The number of nitrogens with one attached hydrogen (secondary N) is 2. The number of primary amides is 1. The molecule has 0 aromatic carbocycles. The Morgan fingerprint density at radius 1 is 1.37 bits per heavy atom. The molecule has 0 saturated heterocycles. The van der Waals surface area contributed by atoms with E-state index in [9.17, 15) is 14.4 Å². The van der Waals surface area contributed by atoms with Gasteiger partial charge in [0.2, 0.25) is 5.91 Å². The van der Waals surface area contributed by atoms with Crippen LogP contribution in [0.25, 0.3) is 0 Å². The number of aliphatic carboxylic acids is 1. The summed E-state index contributed by atoms with van der Waals surface area (Å²) in [6.07, 6.45) is 2.37. The molecule has 10 nitrogen and oxygen atoms in total. The van der Waals surface area contributed by atoms with Crippen molar-refractivity contribution in [3.63, 3.8) is 0 Å². The molecule has 0 radical (unpaired) electrons. The van der Waals surface area contributed by atoms with Crippen LogP contribution in [0.3, 0.4) is 0 Å². The monoisotopic (exact) mass is 268 g/mol. The molecule has 0 aliphatic heterocycles. The predicted octanol–water partition coefficient (Wildman–Crippen LogP) is -1.29. The van der Waals surface area contributed by atoms with Crippen molar-refractivity contribution in [1.29, 1.82) is 0 Å². The molecule has 102 valence electrons. The summed E-state index contributed by atoms with van der Waals surface area (Å²) < 4.78 is 0. The Morgan fingerprint density at radius 3 is 2.63 bits per heavy atom. The molecule has 1 heterocycles. The molecule has 0 aliphatic rings. The number of hydrogen-bond donors (Lipinski definition) is 4. The van der Waals surface area contributed by atoms with E-state index in [0.29, 0.717) is 0 Å². The molecule has 0 unspecified atom stereocenters. The Morgan fingerprint density at radius 2 is 2.11 bits per heavy atom. The molecule has 1 aromatic heterocycles. The topological polar surface area (TPSA) is 160 Å². The second-order valence-electron chi connectivity index (χ2n) is 3.46. The SMILES string of the molecule is NC(=O)CC[C@H](NC(=O)Nc1nccnn1)C(=O)O. The molecule has 10 heteroatoms. The fourth-order valence-corrected chi connectivity index (χ4v) is 1.14. The fraction of sp³-hybridized carbons (Fsp3) is 0.333. The molecule has 1 aromatic rings. The Kier molecular flexibility index (Phi) is 5.14. The maximum atomic E-state index is 11.5. The van der Waals surface area contributed by atoms with Crippen molar-refractivity contribution in [2.24, 2.45) is 5.73 Å². The molecule has 0 fully saturated rings. The Labute approximate surface area is 107 Å². The van der Waals surface area contributed by atoms with Gasteiger partial charge in [0.25, 0.3) is 5.95 Å². The molecule has 0 aliphatic carbocycles. The van der Waals surface area contributed by atoms with Gasteiger partial charge in [-0.1, -0.05) is 0 Å². The van der Waals surface area contributed by atoms with Crippen molar-refractivity contribution in [1.82, 2.24) is 20.5 Å². The molecule has 5 N–H and O–H groups in total. The van der Waals surface area contributed by atoms with Crippen molar-refractivity contribution in [2.45, 2.75) is 18.9 Å². The molecule has 0 bridgehead atoms. The summed E-state index contributed by atoms with van der Waals surface area (Å²) in [6.45, 7) is 0. The van der Waals surface area contributed by atoms with E-state index in [4.69, 9.17) is 10.8 Å². The van der Waals surface area contributed by atoms with Gasteiger partial charge in [0.15, 0.2) is 0 Å². The van der Waals surface area contributed by atoms with E-state index in [1.807, 2.05) is 0 Å². The summed E-state index contributed by atoms with van der Waals surface area (Å²) in [6, 6.07) is -2.05. The number of hydrogen-bond acceptors (Lipinski definition) is 6. The average molecular weight is 268 g/mol. The Bertz CT molecular complexity index is 465. The Hall–Kier alpha value is -2.78. The van der Waals surface area contributed by atoms with E-state index in [1.54, 1.807) is 0 Å². The summed E-state index contributed by atoms with van der Waals surface area (Å²) in [5.74, 6) is -1.99. The normalized spacial score (nSPS) is 11.4. The number of anilines is 1. The number of carboxylic acid groups (broad SMARTS) is 1. The van der Waals surface area contributed by atoms with Crippen molar-refractivity contribution in [3.05, 3.63) is 12.4 Å². The van der Waals surface area contributed by atoms with Crippen molar-refractivity contribution in [3.8, 4) is 0 Å². The second kappa shape index (κ2) is 6.83. The van der Waals surface area contributed by atoms with E-state index in [1.165, 1.54) is 12.4 Å². The predicted molar refractivity (Wildman–Crippen MR) is 61.8 cm³/mol. The van der Waals surface area contributed by atoms with E-state index in [-0.39, 0.29) is 18.8 Å². The molecule has 0 spiro atoms. The number of carbonyl (C=O) groups excluding carboxylic acids is 2. The number of rotatable bonds is 6. The van der Waals surface area contributed by atoms with E-state index < -0.39 is 23.9 Å². The number of nitrogens with zero attached hydrogens (tertiary/aromatic N) is 3. The fourth-order valence-electron chi connectivity index (χ4n) is 1.14. The molecule has 19 heavy (non-hydrogen) atoms. The lowest BCUT2D eigenvalue weighted by atomic mass is 10.1. The molecule has 0 saturated carbocycles. The number of carbonyl (C=O) groups is 3. The van der Waals surface area contributed by atoms with Crippen LogP contribution in [-0.2, 0) is 9.59 Å². The lowest BCUT2D eigenvalue weighted by Gasteiger charge is -2.13. The van der Waals surface area contributed by atoms with Crippen LogP contribution in [0.2, 0.25) is 0 Å². The second-order valence-corrected chi connectivity index (χ2v) is 3.46. The van der Waals surface area contributed by atoms with Crippen LogP contribution >= 0.6 is 0 Å². The first-order valence-corrected chi connectivity index (χ1v) is 5.21. The van der Waals surface area contributed by atoms with Crippen LogP contribution in [0.15, 0.2) is 12.4 Å². The summed E-state index contributed by atoms with van der Waals surface area (Å²) in [4.78, 5) is 36.6. The minimum absolute atomic E-state index is 0.0703. The van der Waals surface area contributed by atoms with Gasteiger partial charge < -0.3 is 16.2 Å². The third-order valence-corrected chi connectivity index (χ3v) is 1.99. The number of amides is 3. The summed E-state index contributed by atoms with van der Waals surface area (Å²) in [5, 5.41) is 20.2. The van der Waals surface area contributed by atoms with Crippen LogP contribution in [0.1, 0.15) is 12.8 Å². The summed E-state index contributed by atoms with van der Waals surface area (Å²) >= 11 is 0. The lowest BCUT2D eigenvalue weighted by molar-refractivity contribution is -0.139. The highest BCUT2D eigenvalue weighted by molar-refractivity contribution is 5.90. The third-order valence-electron chi connectivity index (χ3n) is 1.99. The van der Waals surface area contributed by atoms with Gasteiger partial charge in [0.1, 0.15) is 6.04 Å². The highest BCUT2D eigenvalue weighted by Crippen LogP contribution is 1.99. The summed E-state index contributed by atoms with van der Waals surface area (Å²) in [7, 11) is 0. The van der Waals surface area contributed by atoms with Gasteiger partial charge in [-0.25, -0.2) is 14.6 Å². The van der Waals surface area contributed by atoms with Gasteiger partial charge in [-0.15, -0.1) is 5.10 Å². The van der Waals surface area contributed by atoms with Crippen LogP contribution in [0.5, 0.6) is 0 Å². The van der Waals surface area contributed by atoms with Crippen LogP contribution in [0.4, 0.5) is 10.7 Å². The van der Waals surface area contributed by atoms with Crippen molar-refractivity contribution in [2.75, 3.05) is 5.32 Å². The minimum Gasteiger partial charge on any atom is -0.480 e. The summed E-state index contributed by atoms with van der Waals surface area (Å²) in [5.41, 5.74) is 4.91. The average Bonchev–Trinajstić information content (AvgIpc) is 2.35. The standard InChI is InChI=1S/C9H12N6O4/c10-6(16)2-1-5(7(17)18)13-9(19)14-8-11-3-4-12-15-8/h3-5H,1-2H2,(H2,10,16)(H,17,18)(H2,11,13,14,15,19)/t5-/m0/s1. The number of carboxylic acids is 1. The van der Waals surface area contributed by atoms with Crippen LogP contribution < -0.4 is 16.4 Å². The molecular weight excluding hydrogens is 256 g/mol. The minimum atomic E-state index is -1.27. The third kappa shape index (κ3) is 5.39. The van der Waals surface area contributed by atoms with E-state index in [2.05, 4.69) is 25.8 Å². The zero-order chi connectivity index (χ0) is 14.3. The number of nitrogens with two attached hydrogens (primary N) is 1. The van der Waals surface area contributed by atoms with Gasteiger partial charge in [-0.2, -0.15) is 5.10 Å². The first-order chi connectivity index (χ1) is 8.99. The maximum absolute atomic E-state index is 11.5. The van der Waals surface area contributed by atoms with Crippen LogP contribution in [-0.4, -0.2) is 44.2 Å². The smallest absolute Gasteiger partial charge is 0.326 e. The number of aromatic nitrogens is 3. The lowest BCUT2D eigenvalue weighted by Crippen LogP contribution is -2.43. The molecular formula is C9H12N6O4. The Balaban J connectivity index is 2.52. The van der Waals surface area contributed by atoms with Gasteiger partial charge in [-0.3, -0.25) is 10.1 Å². The largest absolute Gasteiger partial charge is 0.480 e.